The predicted molar refractivity (Wildman–Crippen MR) is 101 cm³/mol. The van der Waals surface area contributed by atoms with Gasteiger partial charge in [0.25, 0.3) is 0 Å². The van der Waals surface area contributed by atoms with Crippen LogP contribution < -0.4 is 14.8 Å². The maximum atomic E-state index is 11.5. The topological polar surface area (TPSA) is 74.6 Å². The van der Waals surface area contributed by atoms with E-state index in [4.69, 9.17) is 14.7 Å². The lowest BCUT2D eigenvalue weighted by molar-refractivity contribution is -0.129. The molecule has 0 spiro atoms. The number of ether oxygens (including phenoxy) is 2. The third-order valence-corrected chi connectivity index (χ3v) is 4.69. The van der Waals surface area contributed by atoms with E-state index in [9.17, 15) is 4.79 Å². The number of benzene rings is 2. The first kappa shape index (κ1) is 18.7. The van der Waals surface area contributed by atoms with Crippen molar-refractivity contribution >= 4 is 5.91 Å². The van der Waals surface area contributed by atoms with Gasteiger partial charge in [-0.2, -0.15) is 5.26 Å². The summed E-state index contributed by atoms with van der Waals surface area (Å²) < 4.78 is 11.0. The lowest BCUT2D eigenvalue weighted by Crippen LogP contribution is -2.52. The highest BCUT2D eigenvalue weighted by Crippen LogP contribution is 2.22. The van der Waals surface area contributed by atoms with E-state index in [2.05, 4.69) is 16.3 Å². The number of nitrogens with zero attached hydrogens (tertiary/aromatic N) is 2. The van der Waals surface area contributed by atoms with Crippen molar-refractivity contribution in [1.29, 1.82) is 5.26 Å². The standard InChI is InChI=1S/C21H23N3O3/c1-23-21(25)18-12-24(13-18)11-15-3-6-19(7-4-15)27-14-16-5-8-20(26-2)17(9-16)10-22/h3-9,18H,11-14H2,1-2H3,(H,23,25). The molecule has 0 radical (unpaired) electrons. The Bertz CT molecular complexity index is 837. The molecule has 0 bridgehead atoms. The largest absolute Gasteiger partial charge is 0.495 e. The molecule has 140 valence electrons. The smallest absolute Gasteiger partial charge is 0.225 e. The molecule has 0 saturated carbocycles. The second-order valence-electron chi connectivity index (χ2n) is 6.58. The van der Waals surface area contributed by atoms with Gasteiger partial charge < -0.3 is 14.8 Å². The number of methoxy groups -OCH3 is 1. The second-order valence-corrected chi connectivity index (χ2v) is 6.58. The van der Waals surface area contributed by atoms with Gasteiger partial charge in [0.05, 0.1) is 18.6 Å². The van der Waals surface area contributed by atoms with Crippen molar-refractivity contribution in [3.63, 3.8) is 0 Å². The predicted octanol–water partition coefficient (Wildman–Crippen LogP) is 2.32. The van der Waals surface area contributed by atoms with Crippen LogP contribution in [-0.2, 0) is 17.9 Å². The van der Waals surface area contributed by atoms with Crippen LogP contribution in [0.15, 0.2) is 42.5 Å². The Labute approximate surface area is 159 Å². The molecule has 1 N–H and O–H groups in total. The van der Waals surface area contributed by atoms with Gasteiger partial charge in [-0.3, -0.25) is 9.69 Å². The summed E-state index contributed by atoms with van der Waals surface area (Å²) in [4.78, 5) is 13.8. The first-order chi connectivity index (χ1) is 13.1. The number of likely N-dealkylation sites (tertiary alicyclic amines) is 1. The highest BCUT2D eigenvalue weighted by Gasteiger charge is 2.31. The third-order valence-electron chi connectivity index (χ3n) is 4.69. The van der Waals surface area contributed by atoms with Crippen molar-refractivity contribution in [2.75, 3.05) is 27.2 Å². The van der Waals surface area contributed by atoms with Crippen molar-refractivity contribution in [3.8, 4) is 17.6 Å². The van der Waals surface area contributed by atoms with E-state index in [1.807, 2.05) is 30.3 Å². The van der Waals surface area contributed by atoms with Crippen LogP contribution in [0.5, 0.6) is 11.5 Å². The fraction of sp³-hybridized carbons (Fsp3) is 0.333. The number of hydrogen-bond donors (Lipinski definition) is 1. The minimum atomic E-state index is 0.111. The van der Waals surface area contributed by atoms with Crippen LogP contribution >= 0.6 is 0 Å². The molecule has 2 aromatic rings. The molecular weight excluding hydrogens is 342 g/mol. The number of rotatable bonds is 7. The lowest BCUT2D eigenvalue weighted by Gasteiger charge is -2.38. The molecule has 3 rings (SSSR count). The minimum Gasteiger partial charge on any atom is -0.495 e. The summed E-state index contributed by atoms with van der Waals surface area (Å²) in [5.41, 5.74) is 2.60. The van der Waals surface area contributed by atoms with Crippen LogP contribution in [0.3, 0.4) is 0 Å². The number of hydrogen-bond acceptors (Lipinski definition) is 5. The van der Waals surface area contributed by atoms with Crippen molar-refractivity contribution in [2.24, 2.45) is 5.92 Å². The highest BCUT2D eigenvalue weighted by atomic mass is 16.5. The van der Waals surface area contributed by atoms with Gasteiger partial charge in [0, 0.05) is 26.7 Å². The molecule has 1 aliphatic rings. The van der Waals surface area contributed by atoms with Gasteiger partial charge in [-0.15, -0.1) is 0 Å². The number of amides is 1. The zero-order valence-electron chi connectivity index (χ0n) is 15.6. The molecule has 6 nitrogen and oxygen atoms in total. The van der Waals surface area contributed by atoms with Crippen LogP contribution in [-0.4, -0.2) is 38.1 Å². The Morgan fingerprint density at radius 2 is 1.93 bits per heavy atom. The zero-order chi connectivity index (χ0) is 19.2. The van der Waals surface area contributed by atoms with E-state index >= 15 is 0 Å². The maximum Gasteiger partial charge on any atom is 0.225 e. The minimum absolute atomic E-state index is 0.111. The fourth-order valence-electron chi connectivity index (χ4n) is 3.12. The average Bonchev–Trinajstić information content (AvgIpc) is 2.68. The van der Waals surface area contributed by atoms with Gasteiger partial charge in [0.2, 0.25) is 5.91 Å². The van der Waals surface area contributed by atoms with E-state index in [-0.39, 0.29) is 11.8 Å². The van der Waals surface area contributed by atoms with Crippen LogP contribution in [0.4, 0.5) is 0 Å². The molecule has 1 amide bonds. The molecule has 1 saturated heterocycles. The van der Waals surface area contributed by atoms with Gasteiger partial charge in [-0.05, 0) is 35.4 Å². The number of carbonyl (C=O) groups excluding carboxylic acids is 1. The molecule has 6 heteroatoms. The Morgan fingerprint density at radius 1 is 1.22 bits per heavy atom. The van der Waals surface area contributed by atoms with Crippen molar-refractivity contribution < 1.29 is 14.3 Å². The molecular formula is C21H23N3O3. The second kappa shape index (κ2) is 8.56. The maximum absolute atomic E-state index is 11.5. The van der Waals surface area contributed by atoms with Crippen molar-refractivity contribution in [3.05, 3.63) is 59.2 Å². The van der Waals surface area contributed by atoms with E-state index in [0.717, 1.165) is 30.9 Å². The van der Waals surface area contributed by atoms with Gasteiger partial charge in [0.1, 0.15) is 24.2 Å². The molecule has 0 unspecified atom stereocenters. The summed E-state index contributed by atoms with van der Waals surface area (Å²) in [6, 6.07) is 15.5. The Morgan fingerprint density at radius 3 is 2.56 bits per heavy atom. The van der Waals surface area contributed by atoms with E-state index < -0.39 is 0 Å². The summed E-state index contributed by atoms with van der Waals surface area (Å²) in [5.74, 6) is 1.57. The van der Waals surface area contributed by atoms with Crippen molar-refractivity contribution in [1.82, 2.24) is 10.2 Å². The normalized spacial score (nSPS) is 14.1. The Balaban J connectivity index is 1.50. The average molecular weight is 365 g/mol. The Hall–Kier alpha value is -3.04. The summed E-state index contributed by atoms with van der Waals surface area (Å²) in [7, 11) is 3.23. The van der Waals surface area contributed by atoms with Gasteiger partial charge in [0.15, 0.2) is 0 Å². The SMILES string of the molecule is CNC(=O)C1CN(Cc2ccc(OCc3ccc(OC)c(C#N)c3)cc2)C1. The summed E-state index contributed by atoms with van der Waals surface area (Å²) in [6.45, 7) is 2.82. The fourth-order valence-corrected chi connectivity index (χ4v) is 3.12. The number of carbonyl (C=O) groups is 1. The van der Waals surface area contributed by atoms with Crippen LogP contribution in [0, 0.1) is 17.2 Å². The molecule has 1 aliphatic heterocycles. The first-order valence-electron chi connectivity index (χ1n) is 8.85. The van der Waals surface area contributed by atoms with Gasteiger partial charge in [-0.1, -0.05) is 18.2 Å². The molecule has 27 heavy (non-hydrogen) atoms. The lowest BCUT2D eigenvalue weighted by atomic mass is 9.98. The van der Waals surface area contributed by atoms with E-state index in [1.54, 1.807) is 26.3 Å². The van der Waals surface area contributed by atoms with Crippen LogP contribution in [0.1, 0.15) is 16.7 Å². The van der Waals surface area contributed by atoms with Gasteiger partial charge >= 0.3 is 0 Å². The summed E-state index contributed by atoms with van der Waals surface area (Å²) in [6.07, 6.45) is 0. The highest BCUT2D eigenvalue weighted by molar-refractivity contribution is 5.79. The molecule has 2 aromatic carbocycles. The number of nitriles is 1. The first-order valence-corrected chi connectivity index (χ1v) is 8.85. The van der Waals surface area contributed by atoms with E-state index in [1.165, 1.54) is 5.56 Å². The molecule has 1 heterocycles. The number of nitrogens with one attached hydrogen (secondary N) is 1. The molecule has 0 aliphatic carbocycles. The van der Waals surface area contributed by atoms with Gasteiger partial charge in [-0.25, -0.2) is 0 Å². The zero-order valence-corrected chi connectivity index (χ0v) is 15.6. The quantitative estimate of drug-likeness (QED) is 0.815. The summed E-state index contributed by atoms with van der Waals surface area (Å²) >= 11 is 0. The Kier molecular flexibility index (Phi) is 5.94. The molecule has 0 aromatic heterocycles. The molecule has 0 atom stereocenters. The monoisotopic (exact) mass is 365 g/mol. The van der Waals surface area contributed by atoms with Crippen LogP contribution in [0.25, 0.3) is 0 Å². The molecule has 1 fully saturated rings. The third kappa shape index (κ3) is 4.57. The summed E-state index contributed by atoms with van der Waals surface area (Å²) in [5, 5.41) is 11.8. The van der Waals surface area contributed by atoms with Crippen LogP contribution in [0.2, 0.25) is 0 Å². The van der Waals surface area contributed by atoms with E-state index in [0.29, 0.717) is 17.9 Å². The van der Waals surface area contributed by atoms with Crippen molar-refractivity contribution in [2.45, 2.75) is 13.2 Å².